The second-order valence-corrected chi connectivity index (χ2v) is 9.79. The first kappa shape index (κ1) is 29.0. The Morgan fingerprint density at radius 3 is 2.10 bits per heavy atom. The number of hydrogen-bond acceptors (Lipinski definition) is 7. The highest BCUT2D eigenvalue weighted by Gasteiger charge is 2.61. The van der Waals surface area contributed by atoms with Gasteiger partial charge in [-0.25, -0.2) is 28.1 Å². The Bertz CT molecular complexity index is 1330. The molecule has 12 heteroatoms. The average Bonchev–Trinajstić information content (AvgIpc) is 3.20. The first-order valence-electron chi connectivity index (χ1n) is 13.1. The Morgan fingerprint density at radius 2 is 1.65 bits per heavy atom. The van der Waals surface area contributed by atoms with Gasteiger partial charge in [0.2, 0.25) is 5.91 Å². The summed E-state index contributed by atoms with van der Waals surface area (Å²) < 4.78 is 29.9. The molecule has 0 bridgehead atoms. The fourth-order valence-corrected chi connectivity index (χ4v) is 5.13. The topological polar surface area (TPSA) is 128 Å². The van der Waals surface area contributed by atoms with E-state index < -0.39 is 17.2 Å². The number of aliphatic hydroxyl groups is 1. The summed E-state index contributed by atoms with van der Waals surface area (Å²) in [7, 11) is 0. The SMILES string of the molecule is CCN(CC)C(=O)[C@]1(c2ccccc2)C[C@@H]1CN.OC(Cn1cncn1)(Cn1cncn1)c1ccc(F)cc1F. The molecule has 1 saturated carbocycles. The third-order valence-electron chi connectivity index (χ3n) is 7.32. The van der Waals surface area contributed by atoms with Crippen molar-refractivity contribution in [2.24, 2.45) is 11.7 Å². The highest BCUT2D eigenvalue weighted by molar-refractivity contribution is 5.92. The number of likely N-dealkylation sites (N-methyl/N-ethyl adjacent to an activating group) is 1. The molecule has 40 heavy (non-hydrogen) atoms. The number of carbonyl (C=O) groups excluding carboxylic acids is 1. The van der Waals surface area contributed by atoms with E-state index in [2.05, 4.69) is 32.3 Å². The predicted molar refractivity (Wildman–Crippen MR) is 144 cm³/mol. The molecular weight excluding hydrogens is 518 g/mol. The Morgan fingerprint density at radius 1 is 1.05 bits per heavy atom. The lowest BCUT2D eigenvalue weighted by atomic mass is 9.91. The molecular formula is C28H34F2N8O2. The van der Waals surface area contributed by atoms with Gasteiger partial charge in [-0.2, -0.15) is 10.2 Å². The van der Waals surface area contributed by atoms with Gasteiger partial charge in [0.25, 0.3) is 0 Å². The van der Waals surface area contributed by atoms with Gasteiger partial charge in [-0.3, -0.25) is 4.79 Å². The van der Waals surface area contributed by atoms with E-state index in [1.807, 2.05) is 36.9 Å². The summed E-state index contributed by atoms with van der Waals surface area (Å²) in [5.74, 6) is -1.02. The van der Waals surface area contributed by atoms with Crippen molar-refractivity contribution in [3.8, 4) is 0 Å². The monoisotopic (exact) mass is 552 g/mol. The minimum absolute atomic E-state index is 0.0556. The van der Waals surface area contributed by atoms with Crippen LogP contribution in [0.1, 0.15) is 31.4 Å². The molecule has 10 nitrogen and oxygen atoms in total. The number of amides is 1. The highest BCUT2D eigenvalue weighted by Crippen LogP contribution is 2.54. The van der Waals surface area contributed by atoms with Crippen LogP contribution in [0.25, 0.3) is 0 Å². The lowest BCUT2D eigenvalue weighted by molar-refractivity contribution is -0.134. The molecule has 1 fully saturated rings. The first-order chi connectivity index (χ1) is 19.3. The molecule has 2 aromatic carbocycles. The second-order valence-electron chi connectivity index (χ2n) is 9.79. The number of nitrogens with two attached hydrogens (primary N) is 1. The van der Waals surface area contributed by atoms with E-state index >= 15 is 0 Å². The number of aromatic nitrogens is 6. The van der Waals surface area contributed by atoms with Gasteiger partial charge in [-0.15, -0.1) is 0 Å². The molecule has 2 heterocycles. The molecule has 2 aromatic heterocycles. The standard InChI is InChI=1S/C15H22N2O.C13H12F2N6O/c1-3-17(4-2)14(18)15(10-13(15)11-16)12-8-6-5-7-9-12;14-10-1-2-11(12(15)3-10)13(22,4-20-8-16-6-18-20)5-21-9-17-7-19-21/h5-9,13H,3-4,10-11,16H2,1-2H3;1-3,6-9,22H,4-5H2/t13-,15+;/m1./s1. The van der Waals surface area contributed by atoms with Crippen LogP contribution in [0.15, 0.2) is 73.8 Å². The molecule has 3 N–H and O–H groups in total. The van der Waals surface area contributed by atoms with E-state index in [0.717, 1.165) is 37.2 Å². The summed E-state index contributed by atoms with van der Waals surface area (Å²) in [5, 5.41) is 18.8. The summed E-state index contributed by atoms with van der Waals surface area (Å²) in [6.45, 7) is 6.02. The van der Waals surface area contributed by atoms with Crippen molar-refractivity contribution in [1.82, 2.24) is 34.4 Å². The van der Waals surface area contributed by atoms with E-state index in [4.69, 9.17) is 5.73 Å². The number of carbonyl (C=O) groups is 1. The van der Waals surface area contributed by atoms with E-state index in [0.29, 0.717) is 12.5 Å². The van der Waals surface area contributed by atoms with Gasteiger partial charge in [0, 0.05) is 24.7 Å². The number of nitrogens with zero attached hydrogens (tertiary/aromatic N) is 7. The van der Waals surface area contributed by atoms with Crippen LogP contribution in [0.3, 0.4) is 0 Å². The fourth-order valence-electron chi connectivity index (χ4n) is 5.13. The van der Waals surface area contributed by atoms with Crippen LogP contribution < -0.4 is 5.73 Å². The zero-order valence-electron chi connectivity index (χ0n) is 22.6. The zero-order chi connectivity index (χ0) is 28.8. The van der Waals surface area contributed by atoms with Crippen LogP contribution >= 0.6 is 0 Å². The largest absolute Gasteiger partial charge is 0.381 e. The normalized spacial score (nSPS) is 18.1. The van der Waals surface area contributed by atoms with Crippen molar-refractivity contribution in [3.05, 3.63) is 96.6 Å². The Hall–Kier alpha value is -4.03. The lowest BCUT2D eigenvalue weighted by Crippen LogP contribution is -2.40. The van der Waals surface area contributed by atoms with Crippen LogP contribution in [0.5, 0.6) is 0 Å². The quantitative estimate of drug-likeness (QED) is 0.309. The van der Waals surface area contributed by atoms with E-state index in [1.54, 1.807) is 0 Å². The third kappa shape index (κ3) is 6.07. The zero-order valence-corrected chi connectivity index (χ0v) is 22.6. The minimum atomic E-state index is -1.70. The lowest BCUT2D eigenvalue weighted by Gasteiger charge is -2.28. The first-order valence-corrected chi connectivity index (χ1v) is 13.1. The maximum Gasteiger partial charge on any atom is 0.233 e. The molecule has 1 aliphatic carbocycles. The van der Waals surface area contributed by atoms with Crippen LogP contribution in [0.2, 0.25) is 0 Å². The van der Waals surface area contributed by atoms with E-state index in [-0.39, 0.29) is 30.0 Å². The van der Waals surface area contributed by atoms with Crippen molar-refractivity contribution in [1.29, 1.82) is 0 Å². The average molecular weight is 553 g/mol. The van der Waals surface area contributed by atoms with Crippen LogP contribution in [0, 0.1) is 17.6 Å². The number of hydrogen-bond donors (Lipinski definition) is 2. The summed E-state index contributed by atoms with van der Waals surface area (Å²) in [6, 6.07) is 13.1. The molecule has 1 aliphatic rings. The predicted octanol–water partition coefficient (Wildman–Crippen LogP) is 2.51. The van der Waals surface area contributed by atoms with Gasteiger partial charge in [0.15, 0.2) is 0 Å². The van der Waals surface area contributed by atoms with Crippen molar-refractivity contribution >= 4 is 5.91 Å². The van der Waals surface area contributed by atoms with E-state index in [9.17, 15) is 18.7 Å². The van der Waals surface area contributed by atoms with Crippen molar-refractivity contribution in [2.75, 3.05) is 19.6 Å². The fraction of sp³-hybridized carbons (Fsp3) is 0.393. The summed E-state index contributed by atoms with van der Waals surface area (Å²) in [6.07, 6.45) is 6.29. The number of benzene rings is 2. The summed E-state index contributed by atoms with van der Waals surface area (Å²) >= 11 is 0. The Labute approximate surface area is 231 Å². The molecule has 2 atom stereocenters. The molecule has 1 amide bonds. The number of halogens is 2. The molecule has 0 spiro atoms. The Balaban J connectivity index is 0.000000189. The van der Waals surface area contributed by atoms with Crippen LogP contribution in [0.4, 0.5) is 8.78 Å². The Kier molecular flexibility index (Phi) is 9.00. The van der Waals surface area contributed by atoms with Crippen molar-refractivity contribution in [3.63, 3.8) is 0 Å². The summed E-state index contributed by atoms with van der Waals surface area (Å²) in [4.78, 5) is 22.2. The van der Waals surface area contributed by atoms with Gasteiger partial charge in [0.1, 0.15) is 42.5 Å². The van der Waals surface area contributed by atoms with Gasteiger partial charge in [-0.1, -0.05) is 36.4 Å². The third-order valence-corrected chi connectivity index (χ3v) is 7.32. The second kappa shape index (κ2) is 12.4. The number of rotatable bonds is 10. The van der Waals surface area contributed by atoms with Crippen LogP contribution in [-0.2, 0) is 28.9 Å². The molecule has 0 radical (unpaired) electrons. The molecule has 4 aromatic rings. The van der Waals surface area contributed by atoms with Crippen molar-refractivity contribution in [2.45, 2.75) is 44.4 Å². The minimum Gasteiger partial charge on any atom is -0.381 e. The smallest absolute Gasteiger partial charge is 0.233 e. The maximum atomic E-state index is 14.1. The van der Waals surface area contributed by atoms with Gasteiger partial charge >= 0.3 is 0 Å². The molecule has 0 aliphatic heterocycles. The molecule has 0 saturated heterocycles. The summed E-state index contributed by atoms with van der Waals surface area (Å²) in [5.41, 5.74) is 4.82. The van der Waals surface area contributed by atoms with Gasteiger partial charge < -0.3 is 15.7 Å². The highest BCUT2D eigenvalue weighted by atomic mass is 19.1. The maximum absolute atomic E-state index is 14.1. The van der Waals surface area contributed by atoms with E-state index in [1.165, 1.54) is 40.7 Å². The van der Waals surface area contributed by atoms with Gasteiger partial charge in [-0.05, 0) is 44.4 Å². The molecule has 5 rings (SSSR count). The molecule has 212 valence electrons. The van der Waals surface area contributed by atoms with Crippen LogP contribution in [-0.4, -0.2) is 65.1 Å². The molecule has 0 unspecified atom stereocenters. The van der Waals surface area contributed by atoms with Crippen molar-refractivity contribution < 1.29 is 18.7 Å². The van der Waals surface area contributed by atoms with Gasteiger partial charge in [0.05, 0.1) is 18.5 Å².